The molecule has 124 valence electrons. The second kappa shape index (κ2) is 8.50. The average Bonchev–Trinajstić information content (AvgIpc) is 2.42. The highest BCUT2D eigenvalue weighted by Crippen LogP contribution is 2.23. The van der Waals surface area contributed by atoms with Gasteiger partial charge >= 0.3 is 0 Å². The Labute approximate surface area is 135 Å². The molecule has 0 bridgehead atoms. The van der Waals surface area contributed by atoms with Gasteiger partial charge in [0.15, 0.2) is 0 Å². The second-order valence-corrected chi connectivity index (χ2v) is 7.06. The van der Waals surface area contributed by atoms with E-state index >= 15 is 0 Å². The molecule has 0 aromatic carbocycles. The maximum atomic E-state index is 10.3. The van der Waals surface area contributed by atoms with Gasteiger partial charge in [0.25, 0.3) is 0 Å². The van der Waals surface area contributed by atoms with Crippen molar-refractivity contribution in [3.8, 4) is 0 Å². The molecular weight excluding hydrogens is 272 g/mol. The van der Waals surface area contributed by atoms with E-state index < -0.39 is 11.7 Å². The summed E-state index contributed by atoms with van der Waals surface area (Å²) >= 11 is 0. The van der Waals surface area contributed by atoms with Crippen LogP contribution in [0, 0.1) is 0 Å². The third kappa shape index (κ3) is 6.76. The number of aliphatic hydroxyl groups excluding tert-OH is 1. The zero-order chi connectivity index (χ0) is 16.8. The molecule has 0 saturated heterocycles. The first kappa shape index (κ1) is 18.9. The van der Waals surface area contributed by atoms with Crippen molar-refractivity contribution in [3.05, 3.63) is 46.6 Å². The summed E-state index contributed by atoms with van der Waals surface area (Å²) in [7, 11) is 0. The fourth-order valence-electron chi connectivity index (χ4n) is 2.50. The molecule has 1 atom stereocenters. The van der Waals surface area contributed by atoms with Gasteiger partial charge in [0.05, 0.1) is 11.7 Å². The molecule has 0 fully saturated rings. The summed E-state index contributed by atoms with van der Waals surface area (Å²) in [5.41, 5.74) is 3.79. The molecule has 1 aliphatic rings. The van der Waals surface area contributed by atoms with Crippen LogP contribution in [0.3, 0.4) is 0 Å². The predicted molar refractivity (Wildman–Crippen MR) is 94.7 cm³/mol. The number of rotatable bonds is 1. The monoisotopic (exact) mass is 304 g/mol. The Hall–Kier alpha value is -1.12. The Morgan fingerprint density at radius 2 is 1.68 bits per heavy atom. The zero-order valence-electron chi connectivity index (χ0n) is 14.8. The number of aliphatic hydroxyl groups is 2. The Morgan fingerprint density at radius 3 is 2.32 bits per heavy atom. The SMILES string of the molecule is CC1=CC=C(C(C)(C)O)CC=C(C)C(O)CCC(C)=CCC1. The van der Waals surface area contributed by atoms with E-state index in [4.69, 9.17) is 0 Å². The quantitative estimate of drug-likeness (QED) is 0.680. The first-order chi connectivity index (χ1) is 10.2. The molecule has 0 aromatic rings. The van der Waals surface area contributed by atoms with Gasteiger partial charge in [-0.3, -0.25) is 0 Å². The lowest BCUT2D eigenvalue weighted by molar-refractivity contribution is 0.117. The first-order valence-electron chi connectivity index (χ1n) is 8.29. The summed E-state index contributed by atoms with van der Waals surface area (Å²) in [6.07, 6.45) is 12.5. The second-order valence-electron chi connectivity index (χ2n) is 7.06. The van der Waals surface area contributed by atoms with Crippen LogP contribution in [0.25, 0.3) is 0 Å². The van der Waals surface area contributed by atoms with E-state index in [1.54, 1.807) is 0 Å². The van der Waals surface area contributed by atoms with Crippen LogP contribution in [0.5, 0.6) is 0 Å². The van der Waals surface area contributed by atoms with Crippen LogP contribution >= 0.6 is 0 Å². The third-order valence-electron chi connectivity index (χ3n) is 4.37. The van der Waals surface area contributed by atoms with Crippen molar-refractivity contribution in [3.63, 3.8) is 0 Å². The Bertz CT molecular complexity index is 484. The van der Waals surface area contributed by atoms with Crippen molar-refractivity contribution in [2.45, 2.75) is 78.4 Å². The summed E-state index contributed by atoms with van der Waals surface area (Å²) < 4.78 is 0. The Balaban J connectivity index is 3.07. The molecule has 1 unspecified atom stereocenters. The van der Waals surface area contributed by atoms with Crippen molar-refractivity contribution in [1.29, 1.82) is 0 Å². The highest BCUT2D eigenvalue weighted by Gasteiger charge is 2.18. The lowest BCUT2D eigenvalue weighted by Crippen LogP contribution is -2.21. The normalized spacial score (nSPS) is 23.0. The number of hydrogen-bond acceptors (Lipinski definition) is 2. The van der Waals surface area contributed by atoms with Crippen LogP contribution in [-0.2, 0) is 0 Å². The fraction of sp³-hybridized carbons (Fsp3) is 0.600. The molecule has 0 amide bonds. The van der Waals surface area contributed by atoms with Crippen LogP contribution in [0.2, 0.25) is 0 Å². The van der Waals surface area contributed by atoms with Gasteiger partial charge in [0.2, 0.25) is 0 Å². The fourth-order valence-corrected chi connectivity index (χ4v) is 2.50. The van der Waals surface area contributed by atoms with Gasteiger partial charge in [0, 0.05) is 0 Å². The molecule has 2 heteroatoms. The minimum atomic E-state index is -0.841. The molecule has 0 saturated carbocycles. The highest BCUT2D eigenvalue weighted by atomic mass is 16.3. The lowest BCUT2D eigenvalue weighted by atomic mass is 9.92. The van der Waals surface area contributed by atoms with E-state index in [-0.39, 0.29) is 0 Å². The number of hydrogen-bond donors (Lipinski definition) is 2. The molecule has 22 heavy (non-hydrogen) atoms. The lowest BCUT2D eigenvalue weighted by Gasteiger charge is -2.21. The zero-order valence-corrected chi connectivity index (χ0v) is 14.8. The van der Waals surface area contributed by atoms with Crippen molar-refractivity contribution in [2.75, 3.05) is 0 Å². The molecule has 0 radical (unpaired) electrons. The first-order valence-corrected chi connectivity index (χ1v) is 8.29. The van der Waals surface area contributed by atoms with Gasteiger partial charge in [0.1, 0.15) is 0 Å². The van der Waals surface area contributed by atoms with Crippen LogP contribution in [0.4, 0.5) is 0 Å². The summed E-state index contributed by atoms with van der Waals surface area (Å²) in [6, 6.07) is 0. The van der Waals surface area contributed by atoms with Gasteiger partial charge in [-0.25, -0.2) is 0 Å². The molecular formula is C20H32O2. The van der Waals surface area contributed by atoms with E-state index in [1.807, 2.05) is 32.9 Å². The molecule has 0 heterocycles. The average molecular weight is 304 g/mol. The Morgan fingerprint density at radius 1 is 1.00 bits per heavy atom. The van der Waals surface area contributed by atoms with Gasteiger partial charge in [-0.2, -0.15) is 0 Å². The largest absolute Gasteiger partial charge is 0.389 e. The van der Waals surface area contributed by atoms with Crippen molar-refractivity contribution >= 4 is 0 Å². The van der Waals surface area contributed by atoms with Gasteiger partial charge in [-0.15, -0.1) is 0 Å². The third-order valence-corrected chi connectivity index (χ3v) is 4.37. The molecule has 0 spiro atoms. The van der Waals surface area contributed by atoms with Crippen LogP contribution in [-0.4, -0.2) is 21.9 Å². The van der Waals surface area contributed by atoms with Crippen LogP contribution in [0.15, 0.2) is 46.6 Å². The van der Waals surface area contributed by atoms with Crippen LogP contribution in [0.1, 0.15) is 66.7 Å². The van der Waals surface area contributed by atoms with E-state index in [2.05, 4.69) is 26.0 Å². The van der Waals surface area contributed by atoms with Gasteiger partial charge in [-0.05, 0) is 77.9 Å². The van der Waals surface area contributed by atoms with Crippen molar-refractivity contribution in [1.82, 2.24) is 0 Å². The van der Waals surface area contributed by atoms with E-state index in [1.165, 1.54) is 11.1 Å². The highest BCUT2D eigenvalue weighted by molar-refractivity contribution is 5.26. The number of allylic oxidation sites excluding steroid dienone is 6. The van der Waals surface area contributed by atoms with E-state index in [0.29, 0.717) is 6.42 Å². The molecule has 2 nitrogen and oxygen atoms in total. The van der Waals surface area contributed by atoms with Gasteiger partial charge < -0.3 is 10.2 Å². The summed E-state index contributed by atoms with van der Waals surface area (Å²) in [5.74, 6) is 0. The van der Waals surface area contributed by atoms with Gasteiger partial charge in [-0.1, -0.05) is 35.5 Å². The molecule has 0 aliphatic heterocycles. The topological polar surface area (TPSA) is 40.5 Å². The minimum Gasteiger partial charge on any atom is -0.389 e. The maximum absolute atomic E-state index is 10.3. The smallest absolute Gasteiger partial charge is 0.0806 e. The van der Waals surface area contributed by atoms with E-state index in [0.717, 1.165) is 36.8 Å². The molecule has 1 aliphatic carbocycles. The minimum absolute atomic E-state index is 0.397. The molecule has 0 aromatic heterocycles. The van der Waals surface area contributed by atoms with Crippen LogP contribution < -0.4 is 0 Å². The maximum Gasteiger partial charge on any atom is 0.0806 e. The van der Waals surface area contributed by atoms with Crippen molar-refractivity contribution < 1.29 is 10.2 Å². The molecule has 1 rings (SSSR count). The summed E-state index contributed by atoms with van der Waals surface area (Å²) in [4.78, 5) is 0. The summed E-state index contributed by atoms with van der Waals surface area (Å²) in [5, 5.41) is 20.6. The summed E-state index contributed by atoms with van der Waals surface area (Å²) in [6.45, 7) is 9.88. The molecule has 2 N–H and O–H groups in total. The Kier molecular flexibility index (Phi) is 7.31. The standard InChI is InChI=1S/C20H32O2/c1-15-7-6-8-16(2)10-14-19(21)17(3)11-13-18(12-9-15)20(4,5)22/h8-9,11-12,19,21-22H,6-7,10,13-14H2,1-5H3. The van der Waals surface area contributed by atoms with Crippen molar-refractivity contribution in [2.24, 2.45) is 0 Å². The predicted octanol–water partition coefficient (Wildman–Crippen LogP) is 4.85. The van der Waals surface area contributed by atoms with E-state index in [9.17, 15) is 10.2 Å².